The van der Waals surface area contributed by atoms with Gasteiger partial charge in [0.2, 0.25) is 0 Å². The molecule has 3 aliphatic rings. The van der Waals surface area contributed by atoms with E-state index in [2.05, 4.69) is 63.4 Å². The van der Waals surface area contributed by atoms with Gasteiger partial charge < -0.3 is 9.88 Å². The van der Waals surface area contributed by atoms with Crippen molar-refractivity contribution in [2.45, 2.75) is 19.4 Å². The van der Waals surface area contributed by atoms with Crippen LogP contribution >= 0.6 is 0 Å². The molecular formula is C23H29N5. The van der Waals surface area contributed by atoms with E-state index in [0.29, 0.717) is 5.92 Å². The second kappa shape index (κ2) is 7.49. The molecule has 146 valence electrons. The van der Waals surface area contributed by atoms with E-state index in [1.54, 1.807) is 0 Å². The van der Waals surface area contributed by atoms with Crippen LogP contribution in [0.4, 0.5) is 0 Å². The van der Waals surface area contributed by atoms with Crippen LogP contribution in [-0.2, 0) is 6.54 Å². The fourth-order valence-corrected chi connectivity index (χ4v) is 4.34. The number of hydrogen-bond donors (Lipinski definition) is 1. The number of hydrogen-bond acceptors (Lipinski definition) is 4. The van der Waals surface area contributed by atoms with Crippen molar-refractivity contribution in [1.82, 2.24) is 19.8 Å². The van der Waals surface area contributed by atoms with Crippen LogP contribution in [0.3, 0.4) is 0 Å². The highest BCUT2D eigenvalue weighted by atomic mass is 15.2. The van der Waals surface area contributed by atoms with Crippen molar-refractivity contribution >= 4 is 22.3 Å². The lowest BCUT2D eigenvalue weighted by Crippen LogP contribution is -2.43. The number of fused-ring (bicyclic) bond motifs is 3. The van der Waals surface area contributed by atoms with Crippen molar-refractivity contribution < 1.29 is 1.43 Å². The normalized spacial score (nSPS) is 23.4. The van der Waals surface area contributed by atoms with Gasteiger partial charge in [0, 0.05) is 69.4 Å². The van der Waals surface area contributed by atoms with Crippen LogP contribution in [0.15, 0.2) is 54.0 Å². The minimum absolute atomic E-state index is 0. The summed E-state index contributed by atoms with van der Waals surface area (Å²) in [6.45, 7) is 5.50. The Balaban J connectivity index is 0.00000205. The molecule has 2 aromatic heterocycles. The van der Waals surface area contributed by atoms with Gasteiger partial charge in [0.25, 0.3) is 0 Å². The number of aromatic amines is 1. The summed E-state index contributed by atoms with van der Waals surface area (Å²) in [4.78, 5) is 17.5. The largest absolute Gasteiger partial charge is 0.346 e. The molecule has 1 unspecified atom stereocenters. The third kappa shape index (κ3) is 3.60. The van der Waals surface area contributed by atoms with Gasteiger partial charge in [-0.15, -0.1) is 0 Å². The maximum Gasteiger partial charge on any atom is 0.137 e. The van der Waals surface area contributed by atoms with E-state index < -0.39 is 0 Å². The van der Waals surface area contributed by atoms with Crippen LogP contribution in [0.25, 0.3) is 16.6 Å². The quantitative estimate of drug-likeness (QED) is 0.886. The predicted molar refractivity (Wildman–Crippen MR) is 117 cm³/mol. The third-order valence-corrected chi connectivity index (χ3v) is 6.03. The van der Waals surface area contributed by atoms with E-state index in [1.165, 1.54) is 27.8 Å². The summed E-state index contributed by atoms with van der Waals surface area (Å²) in [5.41, 5.74) is 5.94. The highest BCUT2D eigenvalue weighted by molar-refractivity contribution is 6.01. The first kappa shape index (κ1) is 17.6. The predicted octanol–water partition coefficient (Wildman–Crippen LogP) is 3.87. The van der Waals surface area contributed by atoms with Gasteiger partial charge in [-0.3, -0.25) is 9.89 Å². The van der Waals surface area contributed by atoms with E-state index in [-0.39, 0.29) is 1.43 Å². The zero-order valence-electron chi connectivity index (χ0n) is 16.4. The van der Waals surface area contributed by atoms with Gasteiger partial charge in [0.05, 0.1) is 0 Å². The van der Waals surface area contributed by atoms with Gasteiger partial charge >= 0.3 is 0 Å². The molecule has 1 fully saturated rings. The minimum atomic E-state index is 0. The lowest BCUT2D eigenvalue weighted by atomic mass is 9.96. The summed E-state index contributed by atoms with van der Waals surface area (Å²) in [7, 11) is 2.20. The molecule has 1 saturated heterocycles. The number of allylic oxidation sites excluding steroid dienone is 5. The number of likely N-dealkylation sites (N-methyl/N-ethyl adjacent to an activating group) is 1. The number of H-pyrrole nitrogens is 1. The first-order valence-corrected chi connectivity index (χ1v) is 10.2. The van der Waals surface area contributed by atoms with Crippen molar-refractivity contribution in [2.75, 3.05) is 33.2 Å². The number of piperazine rings is 1. The monoisotopic (exact) mass is 375 g/mol. The van der Waals surface area contributed by atoms with Gasteiger partial charge in [-0.2, -0.15) is 0 Å². The number of nitrogens with one attached hydrogen (secondary N) is 1. The Bertz CT molecular complexity index is 992. The van der Waals surface area contributed by atoms with E-state index >= 15 is 0 Å². The number of aromatic nitrogens is 2. The molecular weight excluding hydrogens is 346 g/mol. The van der Waals surface area contributed by atoms with Crippen molar-refractivity contribution in [1.29, 1.82) is 0 Å². The summed E-state index contributed by atoms with van der Waals surface area (Å²) in [6, 6.07) is 2.32. The second-order valence-corrected chi connectivity index (χ2v) is 8.18. The molecule has 0 spiro atoms. The molecule has 5 nitrogen and oxygen atoms in total. The molecule has 0 radical (unpaired) electrons. The Morgan fingerprint density at radius 2 is 2.11 bits per heavy atom. The Morgan fingerprint density at radius 3 is 3.00 bits per heavy atom. The smallest absolute Gasteiger partial charge is 0.137 e. The summed E-state index contributed by atoms with van der Waals surface area (Å²) in [5.74, 6) is 0.508. The highest BCUT2D eigenvalue weighted by Crippen LogP contribution is 2.31. The molecule has 28 heavy (non-hydrogen) atoms. The second-order valence-electron chi connectivity index (χ2n) is 8.18. The van der Waals surface area contributed by atoms with Crippen molar-refractivity contribution in [3.05, 3.63) is 60.1 Å². The lowest BCUT2D eigenvalue weighted by Gasteiger charge is -2.32. The zero-order chi connectivity index (χ0) is 18.9. The van der Waals surface area contributed by atoms with E-state index in [1.807, 2.05) is 12.4 Å². The average Bonchev–Trinajstić information content (AvgIpc) is 2.87. The van der Waals surface area contributed by atoms with E-state index in [4.69, 9.17) is 4.98 Å². The van der Waals surface area contributed by atoms with Crippen LogP contribution in [0.2, 0.25) is 0 Å². The van der Waals surface area contributed by atoms with Gasteiger partial charge in [-0.1, -0.05) is 18.2 Å². The van der Waals surface area contributed by atoms with Crippen molar-refractivity contribution in [3.63, 3.8) is 0 Å². The third-order valence-electron chi connectivity index (χ3n) is 6.03. The summed E-state index contributed by atoms with van der Waals surface area (Å²) >= 11 is 0. The first-order chi connectivity index (χ1) is 13.7. The fourth-order valence-electron chi connectivity index (χ4n) is 4.34. The fraction of sp³-hybridized carbons (Fsp3) is 0.391. The summed E-state index contributed by atoms with van der Waals surface area (Å²) < 4.78 is 0. The van der Waals surface area contributed by atoms with Crippen LogP contribution in [-0.4, -0.2) is 58.7 Å². The molecule has 5 heteroatoms. The molecule has 0 aromatic carbocycles. The van der Waals surface area contributed by atoms with Gasteiger partial charge in [-0.05, 0) is 49.1 Å². The molecule has 0 amide bonds. The van der Waals surface area contributed by atoms with Gasteiger partial charge in [0.1, 0.15) is 5.65 Å². The summed E-state index contributed by atoms with van der Waals surface area (Å²) in [6.07, 6.45) is 17.1. The SMILES string of the molecule is CN1CCN(Cc2cnc3[nH]cc(C4=CC5CC=CN=C(C=C4)C5)c3c2)CC1.[HH]. The Labute approximate surface area is 167 Å². The Kier molecular flexibility index (Phi) is 4.71. The number of pyridine rings is 1. The van der Waals surface area contributed by atoms with Crippen LogP contribution in [0.1, 0.15) is 25.4 Å². The van der Waals surface area contributed by atoms with Gasteiger partial charge in [0.15, 0.2) is 0 Å². The van der Waals surface area contributed by atoms with E-state index in [0.717, 1.165) is 51.2 Å². The molecule has 1 aliphatic carbocycles. The Hall–Kier alpha value is -2.50. The average molecular weight is 376 g/mol. The molecule has 0 saturated carbocycles. The molecule has 1 N–H and O–H groups in total. The minimum Gasteiger partial charge on any atom is -0.346 e. The van der Waals surface area contributed by atoms with Crippen molar-refractivity contribution in [2.24, 2.45) is 10.9 Å². The number of aliphatic imine (C=N–C) groups is 1. The van der Waals surface area contributed by atoms with Crippen molar-refractivity contribution in [3.8, 4) is 0 Å². The molecule has 4 heterocycles. The molecule has 2 aromatic rings. The van der Waals surface area contributed by atoms with Gasteiger partial charge in [-0.25, -0.2) is 4.98 Å². The highest BCUT2D eigenvalue weighted by Gasteiger charge is 2.18. The standard InChI is InChI=1S/C23H27N5.H2/c1-27-7-9-28(10-8-27)16-18-13-21-22(15-26-23(21)25-14-18)19-4-5-20-12-17(11-19)3-2-6-24-20;/h2,4-6,11,13-15,17H,3,7-10,12,16H2,1H3,(H,25,26);1H. The lowest BCUT2D eigenvalue weighted by molar-refractivity contribution is 0.148. The summed E-state index contributed by atoms with van der Waals surface area (Å²) in [5, 5.41) is 1.22. The maximum atomic E-state index is 4.70. The van der Waals surface area contributed by atoms with Crippen LogP contribution in [0.5, 0.6) is 0 Å². The maximum absolute atomic E-state index is 4.70. The zero-order valence-corrected chi connectivity index (χ0v) is 16.4. The molecule has 2 aliphatic heterocycles. The molecule has 2 bridgehead atoms. The van der Waals surface area contributed by atoms with Crippen LogP contribution in [0, 0.1) is 5.92 Å². The molecule has 5 rings (SSSR count). The first-order valence-electron chi connectivity index (χ1n) is 10.2. The number of rotatable bonds is 3. The molecule has 1 atom stereocenters. The Morgan fingerprint density at radius 1 is 1.21 bits per heavy atom. The van der Waals surface area contributed by atoms with E-state index in [9.17, 15) is 0 Å². The number of nitrogens with zero attached hydrogens (tertiary/aromatic N) is 4. The topological polar surface area (TPSA) is 47.5 Å². The van der Waals surface area contributed by atoms with Crippen LogP contribution < -0.4 is 0 Å².